The molecule has 1 aromatic rings. The molecule has 1 heterocycles. The predicted octanol–water partition coefficient (Wildman–Crippen LogP) is 3.56. The molecular formula is C17H23NO2. The highest BCUT2D eigenvalue weighted by Crippen LogP contribution is 2.40. The lowest BCUT2D eigenvalue weighted by atomic mass is 9.87. The van der Waals surface area contributed by atoms with Gasteiger partial charge in [-0.1, -0.05) is 18.2 Å². The van der Waals surface area contributed by atoms with Gasteiger partial charge in [0, 0.05) is 11.3 Å². The fraction of sp³-hybridized carbons (Fsp3) is 0.471. The summed E-state index contributed by atoms with van der Waals surface area (Å²) in [6.45, 7) is 10.3. The van der Waals surface area contributed by atoms with Crippen LogP contribution >= 0.6 is 0 Å². The number of rotatable bonds is 2. The second-order valence-corrected chi connectivity index (χ2v) is 6.07. The number of benzene rings is 1. The minimum Gasteiger partial charge on any atom is -0.467 e. The summed E-state index contributed by atoms with van der Waals surface area (Å²) in [6.07, 6.45) is 2.21. The third kappa shape index (κ3) is 2.33. The van der Waals surface area contributed by atoms with Crippen LogP contribution in [0.2, 0.25) is 0 Å². The fourth-order valence-corrected chi connectivity index (χ4v) is 3.15. The van der Waals surface area contributed by atoms with Crippen LogP contribution in [0.25, 0.3) is 5.57 Å². The summed E-state index contributed by atoms with van der Waals surface area (Å²) in [7, 11) is 1.44. The summed E-state index contributed by atoms with van der Waals surface area (Å²) in [5, 5.41) is 0. The van der Waals surface area contributed by atoms with Crippen molar-refractivity contribution in [3.05, 3.63) is 35.4 Å². The van der Waals surface area contributed by atoms with E-state index in [-0.39, 0.29) is 17.6 Å². The van der Waals surface area contributed by atoms with Crippen LogP contribution in [0, 0.1) is 6.92 Å². The summed E-state index contributed by atoms with van der Waals surface area (Å²) >= 11 is 0. The van der Waals surface area contributed by atoms with Gasteiger partial charge in [-0.2, -0.15) is 0 Å². The highest BCUT2D eigenvalue weighted by molar-refractivity contribution is 5.87. The van der Waals surface area contributed by atoms with Crippen molar-refractivity contribution in [2.45, 2.75) is 46.2 Å². The Labute approximate surface area is 121 Å². The molecule has 0 aromatic heterocycles. The van der Waals surface area contributed by atoms with E-state index in [1.54, 1.807) is 0 Å². The van der Waals surface area contributed by atoms with Crippen LogP contribution in [0.4, 0.5) is 5.69 Å². The first-order valence-electron chi connectivity index (χ1n) is 6.95. The first kappa shape index (κ1) is 14.6. The van der Waals surface area contributed by atoms with E-state index in [0.29, 0.717) is 0 Å². The van der Waals surface area contributed by atoms with Crippen LogP contribution in [-0.2, 0) is 9.53 Å². The molecule has 0 amide bonds. The first-order chi connectivity index (χ1) is 9.27. The van der Waals surface area contributed by atoms with Gasteiger partial charge in [-0.15, -0.1) is 0 Å². The molecule has 0 aliphatic carbocycles. The van der Waals surface area contributed by atoms with E-state index in [0.717, 1.165) is 5.69 Å². The van der Waals surface area contributed by atoms with Crippen molar-refractivity contribution in [3.8, 4) is 0 Å². The second kappa shape index (κ2) is 4.97. The van der Waals surface area contributed by atoms with Gasteiger partial charge in [-0.3, -0.25) is 0 Å². The zero-order valence-electron chi connectivity index (χ0n) is 13.2. The number of nitrogens with zero attached hydrogens (tertiary/aromatic N) is 1. The van der Waals surface area contributed by atoms with Gasteiger partial charge >= 0.3 is 5.97 Å². The topological polar surface area (TPSA) is 29.5 Å². The highest BCUT2D eigenvalue weighted by atomic mass is 16.5. The molecule has 3 nitrogen and oxygen atoms in total. The van der Waals surface area contributed by atoms with Gasteiger partial charge in [0.05, 0.1) is 12.6 Å². The molecule has 0 saturated heterocycles. The molecule has 1 aromatic carbocycles. The molecule has 108 valence electrons. The first-order valence-corrected chi connectivity index (χ1v) is 6.95. The maximum absolute atomic E-state index is 12.0. The third-order valence-corrected chi connectivity index (χ3v) is 3.96. The molecule has 1 aliphatic rings. The third-order valence-electron chi connectivity index (χ3n) is 3.96. The van der Waals surface area contributed by atoms with E-state index < -0.39 is 0 Å². The SMILES string of the molecule is COC(=O)C(C)N1c2cc(C)ccc2C(C)=CC1(C)C. The molecule has 0 N–H and O–H groups in total. The van der Waals surface area contributed by atoms with E-state index in [9.17, 15) is 4.79 Å². The number of anilines is 1. The predicted molar refractivity (Wildman–Crippen MR) is 82.9 cm³/mol. The summed E-state index contributed by atoms with van der Waals surface area (Å²) in [6, 6.07) is 6.06. The summed E-state index contributed by atoms with van der Waals surface area (Å²) in [5.74, 6) is -0.210. The molecule has 1 atom stereocenters. The molecule has 1 unspecified atom stereocenters. The van der Waals surface area contributed by atoms with Gasteiger partial charge in [-0.05, 0) is 51.8 Å². The number of aryl methyl sites for hydroxylation is 1. The molecule has 0 spiro atoms. The largest absolute Gasteiger partial charge is 0.467 e. The van der Waals surface area contributed by atoms with Crippen LogP contribution in [0.3, 0.4) is 0 Å². The lowest BCUT2D eigenvalue weighted by Gasteiger charge is -2.45. The summed E-state index contributed by atoms with van der Waals surface area (Å²) in [4.78, 5) is 14.1. The number of carbonyl (C=O) groups is 1. The minimum absolute atomic E-state index is 0.210. The number of esters is 1. The van der Waals surface area contributed by atoms with E-state index in [2.05, 4.69) is 56.9 Å². The Morgan fingerprint density at radius 1 is 1.30 bits per heavy atom. The molecule has 0 bridgehead atoms. The Morgan fingerprint density at radius 2 is 1.95 bits per heavy atom. The van der Waals surface area contributed by atoms with Gasteiger partial charge in [0.2, 0.25) is 0 Å². The number of ether oxygens (including phenoxy) is 1. The van der Waals surface area contributed by atoms with Crippen LogP contribution in [0.1, 0.15) is 38.8 Å². The van der Waals surface area contributed by atoms with Crippen molar-refractivity contribution in [2.24, 2.45) is 0 Å². The summed E-state index contributed by atoms with van der Waals surface area (Å²) in [5.41, 5.74) is 4.51. The zero-order valence-corrected chi connectivity index (χ0v) is 13.2. The molecule has 3 heteroatoms. The number of hydrogen-bond donors (Lipinski definition) is 0. The van der Waals surface area contributed by atoms with Gasteiger partial charge in [0.25, 0.3) is 0 Å². The molecule has 20 heavy (non-hydrogen) atoms. The van der Waals surface area contributed by atoms with Gasteiger partial charge in [0.15, 0.2) is 0 Å². The molecule has 1 aliphatic heterocycles. The van der Waals surface area contributed by atoms with Crippen LogP contribution < -0.4 is 4.90 Å². The maximum Gasteiger partial charge on any atom is 0.328 e. The van der Waals surface area contributed by atoms with Crippen molar-refractivity contribution in [1.82, 2.24) is 0 Å². The number of hydrogen-bond acceptors (Lipinski definition) is 3. The smallest absolute Gasteiger partial charge is 0.328 e. The normalized spacial score (nSPS) is 18.1. The molecule has 0 fully saturated rings. The average molecular weight is 273 g/mol. The van der Waals surface area contributed by atoms with Crippen LogP contribution in [0.5, 0.6) is 0 Å². The van der Waals surface area contributed by atoms with E-state index in [4.69, 9.17) is 4.74 Å². The molecule has 0 radical (unpaired) electrons. The Bertz CT molecular complexity index is 572. The minimum atomic E-state index is -0.320. The van der Waals surface area contributed by atoms with Crippen molar-refractivity contribution in [1.29, 1.82) is 0 Å². The maximum atomic E-state index is 12.0. The van der Waals surface area contributed by atoms with Crippen LogP contribution in [-0.4, -0.2) is 24.7 Å². The molecule has 2 rings (SSSR count). The lowest BCUT2D eigenvalue weighted by molar-refractivity contribution is -0.142. The van der Waals surface area contributed by atoms with E-state index in [1.165, 1.54) is 23.8 Å². The monoisotopic (exact) mass is 273 g/mol. The molecule has 0 saturated carbocycles. The number of allylic oxidation sites excluding steroid dienone is 1. The van der Waals surface area contributed by atoms with E-state index >= 15 is 0 Å². The van der Waals surface area contributed by atoms with Crippen molar-refractivity contribution < 1.29 is 9.53 Å². The highest BCUT2D eigenvalue weighted by Gasteiger charge is 2.37. The second-order valence-electron chi connectivity index (χ2n) is 6.07. The van der Waals surface area contributed by atoms with Crippen molar-refractivity contribution >= 4 is 17.2 Å². The Morgan fingerprint density at radius 3 is 2.55 bits per heavy atom. The average Bonchev–Trinajstić information content (AvgIpc) is 2.35. The zero-order chi connectivity index (χ0) is 15.1. The van der Waals surface area contributed by atoms with Gasteiger partial charge in [-0.25, -0.2) is 4.79 Å². The Balaban J connectivity index is 2.61. The van der Waals surface area contributed by atoms with Crippen molar-refractivity contribution in [2.75, 3.05) is 12.0 Å². The van der Waals surface area contributed by atoms with Gasteiger partial charge < -0.3 is 9.64 Å². The Kier molecular flexibility index (Phi) is 3.63. The number of fused-ring (bicyclic) bond motifs is 1. The number of methoxy groups -OCH3 is 1. The lowest BCUT2D eigenvalue weighted by Crippen LogP contribution is -2.53. The number of carbonyl (C=O) groups excluding carboxylic acids is 1. The standard InChI is InChI=1S/C17H23NO2/c1-11-7-8-14-12(2)10-17(4,5)18(15(14)9-11)13(3)16(19)20-6/h7-10,13H,1-6H3. The van der Waals surface area contributed by atoms with Crippen molar-refractivity contribution in [3.63, 3.8) is 0 Å². The molecular weight excluding hydrogens is 250 g/mol. The van der Waals surface area contributed by atoms with Gasteiger partial charge in [0.1, 0.15) is 6.04 Å². The quantitative estimate of drug-likeness (QED) is 0.772. The van der Waals surface area contributed by atoms with Crippen LogP contribution in [0.15, 0.2) is 24.3 Å². The Hall–Kier alpha value is -1.77. The summed E-state index contributed by atoms with van der Waals surface area (Å²) < 4.78 is 4.93. The fourth-order valence-electron chi connectivity index (χ4n) is 3.15. The van der Waals surface area contributed by atoms with E-state index in [1.807, 2.05) is 6.92 Å².